The number of fused-ring (bicyclic) bond motifs is 2. The van der Waals surface area contributed by atoms with E-state index in [0.29, 0.717) is 10.9 Å². The SMILES string of the molecule is CCSC1=NN2C(=c3ccccc3=N[C@H]2/C(C)=C/c2ccccc2)C(=O)N1. The molecule has 2 aromatic carbocycles. The van der Waals surface area contributed by atoms with Crippen LogP contribution in [0.5, 0.6) is 0 Å². The average Bonchev–Trinajstić information content (AvgIpc) is 2.68. The highest BCUT2D eigenvalue weighted by Gasteiger charge is 2.34. The van der Waals surface area contributed by atoms with Crippen molar-refractivity contribution < 1.29 is 4.79 Å². The summed E-state index contributed by atoms with van der Waals surface area (Å²) in [4.78, 5) is 17.8. The molecule has 2 aromatic rings. The van der Waals surface area contributed by atoms with E-state index in [9.17, 15) is 4.79 Å². The van der Waals surface area contributed by atoms with E-state index < -0.39 is 0 Å². The van der Waals surface area contributed by atoms with Crippen LogP contribution in [-0.2, 0) is 4.79 Å². The van der Waals surface area contributed by atoms with Crippen molar-refractivity contribution in [2.75, 3.05) is 5.75 Å². The van der Waals surface area contributed by atoms with Gasteiger partial charge in [-0.1, -0.05) is 73.3 Å². The number of hydrogen-bond donors (Lipinski definition) is 1. The van der Waals surface area contributed by atoms with Crippen LogP contribution in [0.1, 0.15) is 19.4 Å². The number of benzene rings is 2. The highest BCUT2D eigenvalue weighted by atomic mass is 32.2. The summed E-state index contributed by atoms with van der Waals surface area (Å²) in [6.07, 6.45) is 1.74. The van der Waals surface area contributed by atoms with E-state index in [1.54, 1.807) is 5.01 Å². The van der Waals surface area contributed by atoms with Gasteiger partial charge in [0, 0.05) is 5.22 Å². The molecule has 0 radical (unpaired) electrons. The van der Waals surface area contributed by atoms with Crippen LogP contribution in [0.15, 0.2) is 70.3 Å². The minimum Gasteiger partial charge on any atom is -0.298 e. The second kappa shape index (κ2) is 7.40. The normalized spacial score (nSPS) is 18.9. The molecule has 0 bridgehead atoms. The van der Waals surface area contributed by atoms with Crippen molar-refractivity contribution in [1.82, 2.24) is 10.3 Å². The molecule has 0 fully saturated rings. The number of para-hydroxylation sites is 1. The Morgan fingerprint density at radius 1 is 1.19 bits per heavy atom. The molecule has 2 aliphatic rings. The maximum absolute atomic E-state index is 12.9. The van der Waals surface area contributed by atoms with Gasteiger partial charge in [-0.3, -0.25) is 15.1 Å². The van der Waals surface area contributed by atoms with Crippen LogP contribution < -0.4 is 15.9 Å². The third kappa shape index (κ3) is 3.40. The first-order chi connectivity index (χ1) is 13.2. The summed E-state index contributed by atoms with van der Waals surface area (Å²) in [5, 5.41) is 11.6. The fraction of sp³-hybridized carbons (Fsp3) is 0.190. The summed E-state index contributed by atoms with van der Waals surface area (Å²) in [7, 11) is 0. The lowest BCUT2D eigenvalue weighted by Gasteiger charge is -2.34. The van der Waals surface area contributed by atoms with Crippen LogP contribution >= 0.6 is 11.8 Å². The molecule has 2 heterocycles. The Morgan fingerprint density at radius 2 is 1.93 bits per heavy atom. The fourth-order valence-corrected chi connectivity index (χ4v) is 3.80. The first-order valence-electron chi connectivity index (χ1n) is 8.90. The Hall–Kier alpha value is -2.86. The lowest BCUT2D eigenvalue weighted by molar-refractivity contribution is -0.116. The van der Waals surface area contributed by atoms with E-state index in [2.05, 4.69) is 23.5 Å². The summed E-state index contributed by atoms with van der Waals surface area (Å²) in [6, 6.07) is 17.8. The van der Waals surface area contributed by atoms with Crippen LogP contribution in [0.25, 0.3) is 11.8 Å². The van der Waals surface area contributed by atoms with Gasteiger partial charge >= 0.3 is 0 Å². The second-order valence-corrected chi connectivity index (χ2v) is 7.56. The molecule has 1 amide bonds. The second-order valence-electron chi connectivity index (χ2n) is 6.30. The van der Waals surface area contributed by atoms with Crippen molar-refractivity contribution in [2.24, 2.45) is 10.1 Å². The molecule has 0 aliphatic carbocycles. The van der Waals surface area contributed by atoms with Gasteiger partial charge in [0.15, 0.2) is 11.3 Å². The van der Waals surface area contributed by atoms with Crippen LogP contribution in [0.4, 0.5) is 0 Å². The lowest BCUT2D eigenvalue weighted by Crippen LogP contribution is -2.52. The van der Waals surface area contributed by atoms with E-state index in [0.717, 1.165) is 27.5 Å². The first-order valence-corrected chi connectivity index (χ1v) is 9.88. The molecule has 5 nitrogen and oxygen atoms in total. The number of amides is 1. The monoisotopic (exact) mass is 376 g/mol. The first kappa shape index (κ1) is 17.5. The smallest absolute Gasteiger partial charge is 0.276 e. The maximum Gasteiger partial charge on any atom is 0.276 e. The van der Waals surface area contributed by atoms with Crippen LogP contribution in [0.3, 0.4) is 0 Å². The maximum atomic E-state index is 12.9. The number of nitrogens with one attached hydrogen (secondary N) is 1. The van der Waals surface area contributed by atoms with Crippen molar-refractivity contribution in [3.05, 3.63) is 76.3 Å². The quantitative estimate of drug-likeness (QED) is 0.894. The Balaban J connectivity index is 1.87. The molecule has 0 aromatic heterocycles. The summed E-state index contributed by atoms with van der Waals surface area (Å²) in [5.41, 5.74) is 2.67. The zero-order chi connectivity index (χ0) is 18.8. The summed E-state index contributed by atoms with van der Waals surface area (Å²) in [6.45, 7) is 4.06. The summed E-state index contributed by atoms with van der Waals surface area (Å²) in [5.74, 6) is 0.695. The molecule has 27 heavy (non-hydrogen) atoms. The highest BCUT2D eigenvalue weighted by Crippen LogP contribution is 2.25. The minimum atomic E-state index is -0.353. The Kier molecular flexibility index (Phi) is 4.81. The van der Waals surface area contributed by atoms with Gasteiger partial charge in [0.2, 0.25) is 0 Å². The predicted octanol–water partition coefficient (Wildman–Crippen LogP) is 2.31. The number of nitrogens with zero attached hydrogens (tertiary/aromatic N) is 3. The van der Waals surface area contributed by atoms with E-state index in [1.807, 2.05) is 56.3 Å². The van der Waals surface area contributed by atoms with Gasteiger partial charge in [0.25, 0.3) is 5.91 Å². The van der Waals surface area contributed by atoms with Gasteiger partial charge < -0.3 is 0 Å². The molecule has 4 rings (SSSR count). The fourth-order valence-electron chi connectivity index (χ4n) is 3.21. The Morgan fingerprint density at radius 3 is 2.70 bits per heavy atom. The van der Waals surface area contributed by atoms with Gasteiger partial charge in [-0.2, -0.15) is 0 Å². The Bertz CT molecular complexity index is 1060. The van der Waals surface area contributed by atoms with Crippen LogP contribution in [0.2, 0.25) is 0 Å². The van der Waals surface area contributed by atoms with E-state index in [4.69, 9.17) is 10.1 Å². The summed E-state index contributed by atoms with van der Waals surface area (Å²) >= 11 is 1.51. The number of rotatable bonds is 3. The van der Waals surface area contributed by atoms with Crippen molar-refractivity contribution in [1.29, 1.82) is 0 Å². The van der Waals surface area contributed by atoms with E-state index in [1.165, 1.54) is 11.8 Å². The number of carbonyl (C=O) groups excluding carboxylic acids is 1. The molecular formula is C21H20N4OS. The molecule has 6 heteroatoms. The van der Waals surface area contributed by atoms with E-state index in [-0.39, 0.29) is 12.1 Å². The number of carbonyl (C=O) groups is 1. The number of thioether (sulfide) groups is 1. The zero-order valence-corrected chi connectivity index (χ0v) is 16.0. The molecule has 2 aliphatic heterocycles. The third-order valence-electron chi connectivity index (χ3n) is 4.40. The largest absolute Gasteiger partial charge is 0.298 e. The molecule has 0 spiro atoms. The Labute approximate surface area is 162 Å². The van der Waals surface area contributed by atoms with Gasteiger partial charge in [-0.25, -0.2) is 5.01 Å². The van der Waals surface area contributed by atoms with Crippen molar-refractivity contribution in [2.45, 2.75) is 20.0 Å². The van der Waals surface area contributed by atoms with Crippen molar-refractivity contribution in [3.63, 3.8) is 0 Å². The van der Waals surface area contributed by atoms with Gasteiger partial charge in [0.05, 0.1) is 5.36 Å². The van der Waals surface area contributed by atoms with Crippen LogP contribution in [-0.4, -0.2) is 28.0 Å². The molecular weight excluding hydrogens is 356 g/mol. The van der Waals surface area contributed by atoms with Crippen LogP contribution in [0, 0.1) is 0 Å². The van der Waals surface area contributed by atoms with Crippen molar-refractivity contribution in [3.8, 4) is 0 Å². The minimum absolute atomic E-state index is 0.138. The average molecular weight is 376 g/mol. The van der Waals surface area contributed by atoms with Gasteiger partial charge in [-0.15, -0.1) is 5.10 Å². The molecule has 0 saturated heterocycles. The highest BCUT2D eigenvalue weighted by molar-refractivity contribution is 8.13. The predicted molar refractivity (Wildman–Crippen MR) is 110 cm³/mol. The zero-order valence-electron chi connectivity index (χ0n) is 15.2. The van der Waals surface area contributed by atoms with Gasteiger partial charge in [-0.05, 0) is 29.9 Å². The molecule has 1 N–H and O–H groups in total. The molecule has 1 atom stereocenters. The number of amidine groups is 1. The van der Waals surface area contributed by atoms with Crippen molar-refractivity contribution >= 4 is 34.6 Å². The van der Waals surface area contributed by atoms with E-state index >= 15 is 0 Å². The number of hydrogen-bond acceptors (Lipinski definition) is 5. The number of hydrazone groups is 1. The standard InChI is InChI=1S/C21H20N4OS/c1-3-27-21-23-20(26)18-16-11-7-8-12-17(16)22-19(25(18)24-21)14(2)13-15-9-5-4-6-10-15/h4-13,19H,3H2,1-2H3,(H,23,24,26)/b14-13+/t19-/m1/s1. The van der Waals surface area contributed by atoms with Gasteiger partial charge in [0.1, 0.15) is 5.70 Å². The topological polar surface area (TPSA) is 57.1 Å². The lowest BCUT2D eigenvalue weighted by atomic mass is 10.1. The summed E-state index contributed by atoms with van der Waals surface area (Å²) < 4.78 is 0. The molecule has 0 saturated carbocycles. The molecule has 136 valence electrons. The third-order valence-corrected chi connectivity index (χ3v) is 5.14. The molecule has 0 unspecified atom stereocenters.